The Bertz CT molecular complexity index is 488. The van der Waals surface area contributed by atoms with Crippen LogP contribution in [-0.4, -0.2) is 54.2 Å². The highest BCUT2D eigenvalue weighted by molar-refractivity contribution is 5.83. The average molecular weight is 339 g/mol. The molecule has 0 aromatic heterocycles. The summed E-state index contributed by atoms with van der Waals surface area (Å²) in [5.41, 5.74) is -0.776. The fraction of sp³-hybridized carbons (Fsp3) is 0.857. The van der Waals surface area contributed by atoms with Gasteiger partial charge in [-0.05, 0) is 33.6 Å². The standard InChI is InChI=1S/C14H20F3NO5/c1-13(2,3)23-12(20)18-7-5-8(10(18)11(19)21-4)9(6-7)22-14(15,16)17/h7-10H,5-6H2,1-4H3/t7-,8+,9+,10-/m1/s1. The van der Waals surface area contributed by atoms with Gasteiger partial charge in [0.05, 0.1) is 13.2 Å². The molecular formula is C14H20F3NO5. The zero-order chi connectivity index (χ0) is 17.6. The van der Waals surface area contributed by atoms with E-state index in [-0.39, 0.29) is 12.8 Å². The van der Waals surface area contributed by atoms with Crippen LogP contribution in [0.5, 0.6) is 0 Å². The summed E-state index contributed by atoms with van der Waals surface area (Å²) in [5.74, 6) is -1.53. The van der Waals surface area contributed by atoms with Crippen LogP contribution in [0.2, 0.25) is 0 Å². The number of hydrogen-bond donors (Lipinski definition) is 0. The minimum absolute atomic E-state index is 0.0108. The van der Waals surface area contributed by atoms with Gasteiger partial charge in [-0.2, -0.15) is 0 Å². The number of methoxy groups -OCH3 is 1. The third-order valence-electron chi connectivity index (χ3n) is 3.96. The number of fused-ring (bicyclic) bond motifs is 2. The Kier molecular flexibility index (Phi) is 4.53. The molecule has 0 N–H and O–H groups in total. The molecule has 0 aromatic rings. The maximum absolute atomic E-state index is 12.5. The maximum atomic E-state index is 12.5. The number of likely N-dealkylation sites (tertiary alicyclic amines) is 1. The Morgan fingerprint density at radius 2 is 1.74 bits per heavy atom. The van der Waals surface area contributed by atoms with E-state index >= 15 is 0 Å². The number of halogens is 3. The summed E-state index contributed by atoms with van der Waals surface area (Å²) < 4.78 is 51.4. The predicted octanol–water partition coefficient (Wildman–Crippen LogP) is 2.46. The molecule has 1 saturated heterocycles. The van der Waals surface area contributed by atoms with E-state index in [1.807, 2.05) is 0 Å². The number of carbonyl (C=O) groups excluding carboxylic acids is 2. The van der Waals surface area contributed by atoms with Gasteiger partial charge in [-0.25, -0.2) is 9.59 Å². The van der Waals surface area contributed by atoms with Gasteiger partial charge in [-0.1, -0.05) is 0 Å². The number of carbonyl (C=O) groups is 2. The Balaban J connectivity index is 2.19. The maximum Gasteiger partial charge on any atom is 0.522 e. The van der Waals surface area contributed by atoms with Gasteiger partial charge < -0.3 is 9.47 Å². The first kappa shape index (κ1) is 17.8. The van der Waals surface area contributed by atoms with Crippen molar-refractivity contribution >= 4 is 12.1 Å². The van der Waals surface area contributed by atoms with E-state index < -0.39 is 48.1 Å². The van der Waals surface area contributed by atoms with E-state index in [4.69, 9.17) is 4.74 Å². The molecule has 0 radical (unpaired) electrons. The van der Waals surface area contributed by atoms with E-state index in [2.05, 4.69) is 9.47 Å². The topological polar surface area (TPSA) is 65.1 Å². The highest BCUT2D eigenvalue weighted by Crippen LogP contribution is 2.46. The monoisotopic (exact) mass is 339 g/mol. The van der Waals surface area contributed by atoms with Crippen LogP contribution in [0.3, 0.4) is 0 Å². The second-order valence-corrected chi connectivity index (χ2v) is 6.75. The number of ether oxygens (including phenoxy) is 3. The minimum Gasteiger partial charge on any atom is -0.467 e. The summed E-state index contributed by atoms with van der Waals surface area (Å²) in [6.45, 7) is 5.01. The number of hydrogen-bond acceptors (Lipinski definition) is 5. The third kappa shape index (κ3) is 3.88. The van der Waals surface area contributed by atoms with Gasteiger partial charge in [0, 0.05) is 12.0 Å². The van der Waals surface area contributed by atoms with Gasteiger partial charge in [0.1, 0.15) is 11.6 Å². The Morgan fingerprint density at radius 1 is 1.13 bits per heavy atom. The lowest BCUT2D eigenvalue weighted by Crippen LogP contribution is -2.55. The zero-order valence-electron chi connectivity index (χ0n) is 13.3. The number of alkyl halides is 3. The molecule has 4 atom stereocenters. The molecule has 0 spiro atoms. The van der Waals surface area contributed by atoms with E-state index in [0.29, 0.717) is 0 Å². The van der Waals surface area contributed by atoms with Crippen molar-refractivity contribution in [2.24, 2.45) is 5.92 Å². The van der Waals surface area contributed by atoms with E-state index in [1.54, 1.807) is 20.8 Å². The van der Waals surface area contributed by atoms with E-state index in [1.165, 1.54) is 4.90 Å². The molecule has 0 aromatic carbocycles. The van der Waals surface area contributed by atoms with Crippen molar-refractivity contribution < 1.29 is 37.0 Å². The largest absolute Gasteiger partial charge is 0.522 e. The van der Waals surface area contributed by atoms with Crippen molar-refractivity contribution in [3.05, 3.63) is 0 Å². The van der Waals surface area contributed by atoms with Crippen LogP contribution in [-0.2, 0) is 19.0 Å². The molecule has 6 nitrogen and oxygen atoms in total. The normalized spacial score (nSPS) is 30.5. The number of piperidine rings is 1. The Labute approximate surface area is 131 Å². The molecule has 2 aliphatic rings. The highest BCUT2D eigenvalue weighted by Gasteiger charge is 2.59. The van der Waals surface area contributed by atoms with Crippen LogP contribution in [0, 0.1) is 5.92 Å². The second kappa shape index (κ2) is 5.85. The number of esters is 1. The van der Waals surface area contributed by atoms with Crippen molar-refractivity contribution in [2.45, 2.75) is 63.8 Å². The molecule has 1 saturated carbocycles. The summed E-state index contributed by atoms with van der Waals surface area (Å²) in [7, 11) is 1.13. The lowest BCUT2D eigenvalue weighted by atomic mass is 9.96. The van der Waals surface area contributed by atoms with Crippen molar-refractivity contribution in [3.8, 4) is 0 Å². The first-order chi connectivity index (χ1) is 10.4. The van der Waals surface area contributed by atoms with Gasteiger partial charge in [0.2, 0.25) is 0 Å². The van der Waals surface area contributed by atoms with E-state index in [0.717, 1.165) is 7.11 Å². The van der Waals surface area contributed by atoms with Crippen LogP contribution in [0.4, 0.5) is 18.0 Å². The van der Waals surface area contributed by atoms with Gasteiger partial charge >= 0.3 is 18.4 Å². The van der Waals surface area contributed by atoms with Crippen molar-refractivity contribution in [3.63, 3.8) is 0 Å². The lowest BCUT2D eigenvalue weighted by Gasteiger charge is -2.37. The molecule has 23 heavy (non-hydrogen) atoms. The Morgan fingerprint density at radius 3 is 2.22 bits per heavy atom. The SMILES string of the molecule is COC(=O)[C@H]1[C@H]2C[C@H](C[C@@H]2OC(F)(F)F)N1C(=O)OC(C)(C)C. The molecule has 1 heterocycles. The quantitative estimate of drug-likeness (QED) is 0.723. The molecule has 9 heteroatoms. The van der Waals surface area contributed by atoms with Crippen LogP contribution in [0.1, 0.15) is 33.6 Å². The lowest BCUT2D eigenvalue weighted by molar-refractivity contribution is -0.349. The number of amides is 1. The van der Waals surface area contributed by atoms with Gasteiger partial charge in [0.15, 0.2) is 0 Å². The smallest absolute Gasteiger partial charge is 0.467 e. The molecule has 132 valence electrons. The Hall–Kier alpha value is -1.51. The predicted molar refractivity (Wildman–Crippen MR) is 71.3 cm³/mol. The van der Waals surface area contributed by atoms with Crippen LogP contribution < -0.4 is 0 Å². The van der Waals surface area contributed by atoms with E-state index in [9.17, 15) is 22.8 Å². The van der Waals surface area contributed by atoms with Crippen LogP contribution in [0.25, 0.3) is 0 Å². The molecule has 1 aliphatic carbocycles. The number of rotatable bonds is 2. The first-order valence-corrected chi connectivity index (χ1v) is 7.26. The van der Waals surface area contributed by atoms with Crippen LogP contribution >= 0.6 is 0 Å². The van der Waals surface area contributed by atoms with Crippen molar-refractivity contribution in [1.29, 1.82) is 0 Å². The fourth-order valence-corrected chi connectivity index (χ4v) is 3.29. The third-order valence-corrected chi connectivity index (χ3v) is 3.96. The fourth-order valence-electron chi connectivity index (χ4n) is 3.29. The summed E-state index contributed by atoms with van der Waals surface area (Å²) in [6.07, 6.45) is -6.42. The van der Waals surface area contributed by atoms with Gasteiger partial charge in [0.25, 0.3) is 0 Å². The first-order valence-electron chi connectivity index (χ1n) is 7.26. The molecule has 1 amide bonds. The molecule has 0 unspecified atom stereocenters. The summed E-state index contributed by atoms with van der Waals surface area (Å²) in [5, 5.41) is 0. The highest BCUT2D eigenvalue weighted by atomic mass is 19.4. The average Bonchev–Trinajstić information content (AvgIpc) is 2.90. The zero-order valence-corrected chi connectivity index (χ0v) is 13.3. The second-order valence-electron chi connectivity index (χ2n) is 6.75. The summed E-state index contributed by atoms with van der Waals surface area (Å²) >= 11 is 0. The molecule has 2 fully saturated rings. The van der Waals surface area contributed by atoms with Gasteiger partial charge in [-0.3, -0.25) is 9.64 Å². The van der Waals surface area contributed by atoms with Crippen LogP contribution in [0.15, 0.2) is 0 Å². The molecule has 2 bridgehead atoms. The molecule has 2 rings (SSSR count). The summed E-state index contributed by atoms with van der Waals surface area (Å²) in [4.78, 5) is 25.5. The number of nitrogens with zero attached hydrogens (tertiary/aromatic N) is 1. The van der Waals surface area contributed by atoms with Gasteiger partial charge in [-0.15, -0.1) is 13.2 Å². The van der Waals surface area contributed by atoms with Crippen molar-refractivity contribution in [2.75, 3.05) is 7.11 Å². The molecular weight excluding hydrogens is 319 g/mol. The minimum atomic E-state index is -4.79. The summed E-state index contributed by atoms with van der Waals surface area (Å²) in [6, 6.07) is -1.66. The van der Waals surface area contributed by atoms with Crippen molar-refractivity contribution in [1.82, 2.24) is 4.90 Å². The molecule has 1 aliphatic heterocycles.